The van der Waals surface area contributed by atoms with Gasteiger partial charge >= 0.3 is 0 Å². The van der Waals surface area contributed by atoms with Crippen molar-refractivity contribution in [3.05, 3.63) is 64.7 Å². The number of aryl methyl sites for hydroxylation is 2. The van der Waals surface area contributed by atoms with Crippen LogP contribution in [-0.2, 0) is 6.42 Å². The van der Waals surface area contributed by atoms with Crippen LogP contribution in [-0.4, -0.2) is 12.2 Å². The molecule has 2 nitrogen and oxygen atoms in total. The van der Waals surface area contributed by atoms with Gasteiger partial charge in [0.15, 0.2) is 0 Å². The first-order chi connectivity index (χ1) is 9.65. The van der Waals surface area contributed by atoms with Gasteiger partial charge in [0.1, 0.15) is 11.9 Å². The second-order valence-electron chi connectivity index (χ2n) is 5.14. The van der Waals surface area contributed by atoms with Crippen molar-refractivity contribution in [3.8, 4) is 5.75 Å². The SMILES string of the molecule is CCCc1cccc(C(O)c2ccc(C)cc2OC)c1. The Morgan fingerprint density at radius 2 is 1.95 bits per heavy atom. The standard InChI is InChI=1S/C18H22O2/c1-4-6-14-7-5-8-15(12-14)18(19)16-10-9-13(2)11-17(16)20-3/h5,7-12,18-19H,4,6H2,1-3H3. The van der Waals surface area contributed by atoms with E-state index >= 15 is 0 Å². The van der Waals surface area contributed by atoms with E-state index in [1.165, 1.54) is 5.56 Å². The summed E-state index contributed by atoms with van der Waals surface area (Å²) in [6.45, 7) is 4.17. The summed E-state index contributed by atoms with van der Waals surface area (Å²) in [5, 5.41) is 10.6. The lowest BCUT2D eigenvalue weighted by molar-refractivity contribution is 0.214. The molecule has 0 saturated carbocycles. The highest BCUT2D eigenvalue weighted by atomic mass is 16.5. The Balaban J connectivity index is 2.35. The molecule has 0 aromatic heterocycles. The van der Waals surface area contributed by atoms with E-state index in [0.29, 0.717) is 0 Å². The van der Waals surface area contributed by atoms with Crippen molar-refractivity contribution in [1.29, 1.82) is 0 Å². The lowest BCUT2D eigenvalue weighted by atomic mass is 9.97. The van der Waals surface area contributed by atoms with Crippen LogP contribution >= 0.6 is 0 Å². The average Bonchev–Trinajstić information content (AvgIpc) is 2.47. The largest absolute Gasteiger partial charge is 0.496 e. The van der Waals surface area contributed by atoms with E-state index in [2.05, 4.69) is 19.1 Å². The van der Waals surface area contributed by atoms with E-state index in [-0.39, 0.29) is 0 Å². The molecule has 0 bridgehead atoms. The van der Waals surface area contributed by atoms with Gasteiger partial charge in [-0.3, -0.25) is 0 Å². The molecule has 0 saturated heterocycles. The third-order valence-corrected chi connectivity index (χ3v) is 3.49. The van der Waals surface area contributed by atoms with Crippen molar-refractivity contribution < 1.29 is 9.84 Å². The Hall–Kier alpha value is -1.80. The molecule has 2 aromatic rings. The second kappa shape index (κ2) is 6.58. The molecule has 0 heterocycles. The van der Waals surface area contributed by atoms with Crippen LogP contribution in [0.3, 0.4) is 0 Å². The summed E-state index contributed by atoms with van der Waals surface area (Å²) in [5.74, 6) is 0.735. The van der Waals surface area contributed by atoms with Gasteiger partial charge in [0.2, 0.25) is 0 Å². The van der Waals surface area contributed by atoms with E-state index in [1.807, 2.05) is 37.3 Å². The number of ether oxygens (including phenoxy) is 1. The fourth-order valence-electron chi connectivity index (χ4n) is 2.43. The molecule has 0 fully saturated rings. The summed E-state index contributed by atoms with van der Waals surface area (Å²) < 4.78 is 5.39. The van der Waals surface area contributed by atoms with E-state index in [9.17, 15) is 5.11 Å². The Morgan fingerprint density at radius 1 is 1.15 bits per heavy atom. The number of hydrogen-bond donors (Lipinski definition) is 1. The summed E-state index contributed by atoms with van der Waals surface area (Å²) in [6, 6.07) is 14.0. The van der Waals surface area contributed by atoms with Gasteiger partial charge in [0.05, 0.1) is 7.11 Å². The number of aliphatic hydroxyl groups excluding tert-OH is 1. The van der Waals surface area contributed by atoms with Crippen molar-refractivity contribution in [2.45, 2.75) is 32.8 Å². The van der Waals surface area contributed by atoms with Crippen LogP contribution in [0, 0.1) is 6.92 Å². The van der Waals surface area contributed by atoms with Gasteiger partial charge in [0, 0.05) is 5.56 Å². The summed E-state index contributed by atoms with van der Waals surface area (Å²) in [5.41, 5.74) is 4.11. The summed E-state index contributed by atoms with van der Waals surface area (Å²) in [7, 11) is 1.64. The maximum atomic E-state index is 10.6. The number of rotatable bonds is 5. The van der Waals surface area contributed by atoms with E-state index in [4.69, 9.17) is 4.74 Å². The van der Waals surface area contributed by atoms with Gasteiger partial charge in [-0.15, -0.1) is 0 Å². The van der Waals surface area contributed by atoms with Crippen LogP contribution in [0.5, 0.6) is 5.75 Å². The van der Waals surface area contributed by atoms with Crippen molar-refractivity contribution in [2.75, 3.05) is 7.11 Å². The highest BCUT2D eigenvalue weighted by molar-refractivity contribution is 5.43. The summed E-state index contributed by atoms with van der Waals surface area (Å²) in [6.07, 6.45) is 1.49. The molecule has 0 spiro atoms. The molecule has 2 heteroatoms. The molecular weight excluding hydrogens is 248 g/mol. The van der Waals surface area contributed by atoms with Gasteiger partial charge in [-0.1, -0.05) is 49.7 Å². The van der Waals surface area contributed by atoms with Gasteiger partial charge in [-0.25, -0.2) is 0 Å². The number of benzene rings is 2. The quantitative estimate of drug-likeness (QED) is 0.888. The molecule has 1 atom stereocenters. The van der Waals surface area contributed by atoms with Crippen molar-refractivity contribution >= 4 is 0 Å². The topological polar surface area (TPSA) is 29.5 Å². The number of aliphatic hydroxyl groups is 1. The van der Waals surface area contributed by atoms with Gasteiger partial charge < -0.3 is 9.84 Å². The molecule has 1 unspecified atom stereocenters. The van der Waals surface area contributed by atoms with Crippen LogP contribution in [0.15, 0.2) is 42.5 Å². The average molecular weight is 270 g/mol. The Bertz CT molecular complexity index is 575. The highest BCUT2D eigenvalue weighted by Crippen LogP contribution is 2.31. The minimum atomic E-state index is -0.651. The minimum absolute atomic E-state index is 0.651. The highest BCUT2D eigenvalue weighted by Gasteiger charge is 2.15. The molecule has 0 aliphatic carbocycles. The molecule has 2 rings (SSSR count). The first-order valence-electron chi connectivity index (χ1n) is 7.07. The Labute approximate surface area is 121 Å². The van der Waals surface area contributed by atoms with Crippen LogP contribution in [0.2, 0.25) is 0 Å². The molecular formula is C18H22O2. The zero-order valence-corrected chi connectivity index (χ0v) is 12.4. The molecule has 0 aliphatic rings. The van der Waals surface area contributed by atoms with Gasteiger partial charge in [-0.2, -0.15) is 0 Å². The molecule has 1 N–H and O–H groups in total. The first-order valence-corrected chi connectivity index (χ1v) is 7.07. The Morgan fingerprint density at radius 3 is 2.65 bits per heavy atom. The fraction of sp³-hybridized carbons (Fsp3) is 0.333. The Kier molecular flexibility index (Phi) is 4.80. The van der Waals surface area contributed by atoms with Gasteiger partial charge in [0.25, 0.3) is 0 Å². The number of hydrogen-bond acceptors (Lipinski definition) is 2. The van der Waals surface area contributed by atoms with Gasteiger partial charge in [-0.05, 0) is 36.1 Å². The molecule has 20 heavy (non-hydrogen) atoms. The predicted molar refractivity (Wildman–Crippen MR) is 82.2 cm³/mol. The van der Waals surface area contributed by atoms with Crippen LogP contribution in [0.4, 0.5) is 0 Å². The third-order valence-electron chi connectivity index (χ3n) is 3.49. The zero-order chi connectivity index (χ0) is 14.5. The van der Waals surface area contributed by atoms with Crippen molar-refractivity contribution in [3.63, 3.8) is 0 Å². The molecule has 2 aromatic carbocycles. The van der Waals surface area contributed by atoms with Crippen LogP contribution in [0.1, 0.15) is 41.7 Å². The lowest BCUT2D eigenvalue weighted by Crippen LogP contribution is -2.03. The maximum Gasteiger partial charge on any atom is 0.125 e. The molecule has 0 aliphatic heterocycles. The monoisotopic (exact) mass is 270 g/mol. The molecule has 0 radical (unpaired) electrons. The third kappa shape index (κ3) is 3.20. The minimum Gasteiger partial charge on any atom is -0.496 e. The number of methoxy groups -OCH3 is 1. The van der Waals surface area contributed by atoms with Crippen molar-refractivity contribution in [2.24, 2.45) is 0 Å². The summed E-state index contributed by atoms with van der Waals surface area (Å²) in [4.78, 5) is 0. The van der Waals surface area contributed by atoms with E-state index < -0.39 is 6.10 Å². The maximum absolute atomic E-state index is 10.6. The van der Waals surface area contributed by atoms with Crippen molar-refractivity contribution in [1.82, 2.24) is 0 Å². The van der Waals surface area contributed by atoms with E-state index in [0.717, 1.165) is 35.3 Å². The smallest absolute Gasteiger partial charge is 0.125 e. The normalized spacial score (nSPS) is 12.2. The fourth-order valence-corrected chi connectivity index (χ4v) is 2.43. The lowest BCUT2D eigenvalue weighted by Gasteiger charge is -2.16. The van der Waals surface area contributed by atoms with Crippen LogP contribution < -0.4 is 4.74 Å². The molecule has 0 amide bonds. The molecule has 106 valence electrons. The summed E-state index contributed by atoms with van der Waals surface area (Å²) >= 11 is 0. The first kappa shape index (κ1) is 14.6. The van der Waals surface area contributed by atoms with Crippen LogP contribution in [0.25, 0.3) is 0 Å². The van der Waals surface area contributed by atoms with E-state index in [1.54, 1.807) is 7.11 Å². The zero-order valence-electron chi connectivity index (χ0n) is 12.4. The second-order valence-corrected chi connectivity index (χ2v) is 5.14. The predicted octanol–water partition coefficient (Wildman–Crippen LogP) is 4.04.